The monoisotopic (exact) mass is 568 g/mol. The van der Waals surface area contributed by atoms with E-state index in [0.29, 0.717) is 28.0 Å². The number of hydrazone groups is 1. The maximum atomic E-state index is 12.2. The van der Waals surface area contributed by atoms with Crippen LogP contribution in [-0.4, -0.2) is 12.1 Å². The third kappa shape index (κ3) is 6.08. The number of halogens is 4. The summed E-state index contributed by atoms with van der Waals surface area (Å²) >= 11 is 19.0. The fourth-order valence-corrected chi connectivity index (χ4v) is 4.25. The summed E-state index contributed by atoms with van der Waals surface area (Å²) < 4.78 is 7.41. The van der Waals surface area contributed by atoms with Crippen molar-refractivity contribution in [2.75, 3.05) is 0 Å². The molecule has 8 heteroatoms. The van der Waals surface area contributed by atoms with Gasteiger partial charge in [-0.2, -0.15) is 5.10 Å². The maximum Gasteiger partial charge on any atom is 0.271 e. The van der Waals surface area contributed by atoms with E-state index in [1.807, 2.05) is 43.3 Å². The van der Waals surface area contributed by atoms with Crippen molar-refractivity contribution in [2.24, 2.45) is 5.10 Å². The highest BCUT2D eigenvalue weighted by Crippen LogP contribution is 2.35. The lowest BCUT2D eigenvalue weighted by molar-refractivity contribution is 0.0955. The van der Waals surface area contributed by atoms with Crippen LogP contribution in [0.1, 0.15) is 27.0 Å². The molecule has 1 amide bonds. The molecule has 0 aromatic heterocycles. The molecule has 0 aliphatic heterocycles. The number of carbonyl (C=O) groups excluding carboxylic acids is 1. The van der Waals surface area contributed by atoms with Crippen LogP contribution >= 0.6 is 55.1 Å². The lowest BCUT2D eigenvalue weighted by atomic mass is 10.1. The third-order valence-electron chi connectivity index (χ3n) is 4.13. The molecule has 3 aromatic carbocycles. The zero-order valence-corrected chi connectivity index (χ0v) is 20.4. The van der Waals surface area contributed by atoms with Gasteiger partial charge in [0.25, 0.3) is 5.91 Å². The summed E-state index contributed by atoms with van der Waals surface area (Å²) in [7, 11) is 0. The van der Waals surface area contributed by atoms with Crippen LogP contribution in [0.5, 0.6) is 5.75 Å². The van der Waals surface area contributed by atoms with Gasteiger partial charge in [-0.3, -0.25) is 4.79 Å². The Kier molecular flexibility index (Phi) is 7.94. The van der Waals surface area contributed by atoms with E-state index in [-0.39, 0.29) is 5.91 Å². The number of aryl methyl sites for hydroxylation is 1. The third-order valence-corrected chi connectivity index (χ3v) is 5.97. The van der Waals surface area contributed by atoms with Crippen molar-refractivity contribution in [1.82, 2.24) is 5.43 Å². The van der Waals surface area contributed by atoms with Crippen molar-refractivity contribution in [3.05, 3.63) is 95.8 Å². The van der Waals surface area contributed by atoms with E-state index < -0.39 is 0 Å². The Balaban J connectivity index is 1.64. The fourth-order valence-electron chi connectivity index (χ4n) is 2.49. The van der Waals surface area contributed by atoms with Crippen LogP contribution in [0, 0.1) is 6.92 Å². The predicted molar refractivity (Wildman–Crippen MR) is 129 cm³/mol. The zero-order chi connectivity index (χ0) is 21.7. The Morgan fingerprint density at radius 1 is 1.07 bits per heavy atom. The first-order valence-corrected chi connectivity index (χ1v) is 11.1. The molecule has 0 saturated carbocycles. The molecule has 3 rings (SSSR count). The summed E-state index contributed by atoms with van der Waals surface area (Å²) in [6, 6.07) is 16.3. The molecule has 0 atom stereocenters. The minimum atomic E-state index is -0.339. The molecule has 0 fully saturated rings. The van der Waals surface area contributed by atoms with Gasteiger partial charge >= 0.3 is 0 Å². The van der Waals surface area contributed by atoms with Crippen molar-refractivity contribution >= 4 is 67.2 Å². The highest BCUT2D eigenvalue weighted by molar-refractivity contribution is 9.11. The van der Waals surface area contributed by atoms with Crippen molar-refractivity contribution in [3.8, 4) is 5.75 Å². The van der Waals surface area contributed by atoms with Gasteiger partial charge in [0, 0.05) is 15.6 Å². The van der Waals surface area contributed by atoms with Crippen LogP contribution < -0.4 is 10.2 Å². The Morgan fingerprint density at radius 3 is 2.37 bits per heavy atom. The Hall–Kier alpha value is -1.86. The molecule has 0 radical (unpaired) electrons. The minimum absolute atomic E-state index is 0.339. The van der Waals surface area contributed by atoms with Crippen LogP contribution in [-0.2, 0) is 6.61 Å². The molecule has 0 spiro atoms. The molecular formula is C22H16Br2Cl2N2O2. The molecule has 30 heavy (non-hydrogen) atoms. The van der Waals surface area contributed by atoms with E-state index in [1.54, 1.807) is 24.4 Å². The Bertz CT molecular complexity index is 1080. The zero-order valence-electron chi connectivity index (χ0n) is 15.8. The number of benzene rings is 3. The molecule has 1 N–H and O–H groups in total. The fraction of sp³-hybridized carbons (Fsp3) is 0.0909. The number of rotatable bonds is 6. The molecule has 0 bridgehead atoms. The smallest absolute Gasteiger partial charge is 0.271 e. The number of hydrogen-bond donors (Lipinski definition) is 1. The molecule has 154 valence electrons. The topological polar surface area (TPSA) is 50.7 Å². The molecule has 0 unspecified atom stereocenters. The van der Waals surface area contributed by atoms with E-state index in [9.17, 15) is 4.79 Å². The average molecular weight is 571 g/mol. The van der Waals surface area contributed by atoms with Gasteiger partial charge in [-0.25, -0.2) is 5.43 Å². The molecule has 0 aliphatic carbocycles. The van der Waals surface area contributed by atoms with Gasteiger partial charge in [-0.05, 0) is 91.9 Å². The van der Waals surface area contributed by atoms with Crippen molar-refractivity contribution < 1.29 is 9.53 Å². The summed E-state index contributed by atoms with van der Waals surface area (Å²) in [6.07, 6.45) is 1.55. The van der Waals surface area contributed by atoms with Gasteiger partial charge in [0.1, 0.15) is 12.4 Å². The summed E-state index contributed by atoms with van der Waals surface area (Å²) in [4.78, 5) is 12.2. The summed E-state index contributed by atoms with van der Waals surface area (Å²) in [5.74, 6) is 0.328. The number of nitrogens with one attached hydrogen (secondary N) is 1. The Morgan fingerprint density at radius 2 is 1.73 bits per heavy atom. The second-order valence-electron chi connectivity index (χ2n) is 6.39. The van der Waals surface area contributed by atoms with E-state index in [1.165, 1.54) is 0 Å². The number of amides is 1. The molecule has 3 aromatic rings. The van der Waals surface area contributed by atoms with E-state index in [4.69, 9.17) is 27.9 Å². The number of carbonyl (C=O) groups is 1. The molecule has 4 nitrogen and oxygen atoms in total. The first-order valence-electron chi connectivity index (χ1n) is 8.79. The quantitative estimate of drug-likeness (QED) is 0.252. The predicted octanol–water partition coefficient (Wildman–Crippen LogP) is 7.17. The lowest BCUT2D eigenvalue weighted by Gasteiger charge is -2.11. The second kappa shape index (κ2) is 10.4. The van der Waals surface area contributed by atoms with Crippen LogP contribution in [0.25, 0.3) is 0 Å². The van der Waals surface area contributed by atoms with Crippen molar-refractivity contribution in [3.63, 3.8) is 0 Å². The van der Waals surface area contributed by atoms with Crippen LogP contribution in [0.4, 0.5) is 0 Å². The van der Waals surface area contributed by atoms with Crippen molar-refractivity contribution in [1.29, 1.82) is 0 Å². The lowest BCUT2D eigenvalue weighted by Crippen LogP contribution is -2.17. The number of hydrogen-bond acceptors (Lipinski definition) is 3. The number of nitrogens with zero attached hydrogens (tertiary/aromatic N) is 1. The SMILES string of the molecule is Cc1ccc(C(=O)N/N=C\c2cc(Br)c(OCc3ccc(Cl)cc3)c(Br)c2)cc1Cl. The summed E-state index contributed by atoms with van der Waals surface area (Å²) in [5.41, 5.74) is 5.62. The second-order valence-corrected chi connectivity index (χ2v) is 8.94. The molecule has 0 aliphatic rings. The first kappa shape index (κ1) is 22.8. The molecule has 0 saturated heterocycles. The maximum absolute atomic E-state index is 12.2. The van der Waals surface area contributed by atoms with E-state index in [2.05, 4.69) is 42.4 Å². The van der Waals surface area contributed by atoms with Crippen LogP contribution in [0.15, 0.2) is 68.6 Å². The largest absolute Gasteiger partial charge is 0.487 e. The summed E-state index contributed by atoms with van der Waals surface area (Å²) in [5, 5.41) is 5.24. The van der Waals surface area contributed by atoms with Gasteiger partial charge in [0.15, 0.2) is 0 Å². The average Bonchev–Trinajstić information content (AvgIpc) is 2.70. The standard InChI is InChI=1S/C22H16Br2Cl2N2O2/c1-13-2-5-16(10-20(13)26)22(29)28-27-11-15-8-18(23)21(19(24)9-15)30-12-14-3-6-17(25)7-4-14/h2-11H,12H2,1H3,(H,28,29)/b27-11-. The van der Waals surface area contributed by atoms with Crippen molar-refractivity contribution in [2.45, 2.75) is 13.5 Å². The van der Waals surface area contributed by atoms with E-state index in [0.717, 1.165) is 25.6 Å². The van der Waals surface area contributed by atoms with Gasteiger partial charge in [-0.15, -0.1) is 0 Å². The van der Waals surface area contributed by atoms with Gasteiger partial charge < -0.3 is 4.74 Å². The number of ether oxygens (including phenoxy) is 1. The highest BCUT2D eigenvalue weighted by Gasteiger charge is 2.10. The van der Waals surface area contributed by atoms with Gasteiger partial charge in [-0.1, -0.05) is 41.4 Å². The van der Waals surface area contributed by atoms with Crippen LogP contribution in [0.2, 0.25) is 10.0 Å². The first-order chi connectivity index (χ1) is 14.3. The van der Waals surface area contributed by atoms with Crippen LogP contribution in [0.3, 0.4) is 0 Å². The van der Waals surface area contributed by atoms with E-state index >= 15 is 0 Å². The normalized spacial score (nSPS) is 11.0. The molecular weight excluding hydrogens is 555 g/mol. The minimum Gasteiger partial charge on any atom is -0.487 e. The van der Waals surface area contributed by atoms with Gasteiger partial charge in [0.05, 0.1) is 15.2 Å². The molecule has 0 heterocycles. The van der Waals surface area contributed by atoms with Gasteiger partial charge in [0.2, 0.25) is 0 Å². The Labute approximate surface area is 201 Å². The summed E-state index contributed by atoms with van der Waals surface area (Å²) in [6.45, 7) is 2.28. The highest BCUT2D eigenvalue weighted by atomic mass is 79.9.